The van der Waals surface area contributed by atoms with Crippen LogP contribution in [0.1, 0.15) is 42.9 Å². The number of likely N-dealkylation sites (tertiary alicyclic amines) is 1. The van der Waals surface area contributed by atoms with E-state index >= 15 is 0 Å². The number of allylic oxidation sites excluding steroid dienone is 1. The summed E-state index contributed by atoms with van der Waals surface area (Å²) in [5, 5.41) is 9.80. The van der Waals surface area contributed by atoms with E-state index in [0.717, 1.165) is 42.2 Å². The molecular weight excluding hydrogens is 422 g/mol. The van der Waals surface area contributed by atoms with Gasteiger partial charge in [-0.05, 0) is 97.9 Å². The van der Waals surface area contributed by atoms with Crippen LogP contribution in [0.15, 0.2) is 78.4 Å². The van der Waals surface area contributed by atoms with Gasteiger partial charge in [0.25, 0.3) is 0 Å². The first-order chi connectivity index (χ1) is 16.6. The second kappa shape index (κ2) is 11.8. The summed E-state index contributed by atoms with van der Waals surface area (Å²) >= 11 is 0. The van der Waals surface area contributed by atoms with Crippen molar-refractivity contribution in [1.29, 1.82) is 0 Å². The molecule has 1 saturated heterocycles. The van der Waals surface area contributed by atoms with E-state index in [9.17, 15) is 5.11 Å². The van der Waals surface area contributed by atoms with Crippen LogP contribution in [0, 0.1) is 0 Å². The van der Waals surface area contributed by atoms with Crippen molar-refractivity contribution in [3.8, 4) is 17.2 Å². The highest BCUT2D eigenvalue weighted by atomic mass is 16.5. The van der Waals surface area contributed by atoms with Gasteiger partial charge in [-0.3, -0.25) is 4.90 Å². The van der Waals surface area contributed by atoms with Crippen molar-refractivity contribution >= 4 is 5.57 Å². The molecule has 0 atom stereocenters. The predicted molar refractivity (Wildman–Crippen MR) is 139 cm³/mol. The third kappa shape index (κ3) is 6.42. The number of hydrogen-bond acceptors (Lipinski definition) is 4. The number of benzene rings is 3. The van der Waals surface area contributed by atoms with E-state index in [4.69, 9.17) is 9.47 Å². The lowest BCUT2D eigenvalue weighted by Gasteiger charge is -2.26. The van der Waals surface area contributed by atoms with E-state index in [1.54, 1.807) is 19.2 Å². The highest BCUT2D eigenvalue weighted by molar-refractivity contribution is 5.82. The Hall–Kier alpha value is -3.24. The number of hydrogen-bond donors (Lipinski definition) is 1. The smallest absolute Gasteiger partial charge is 0.119 e. The summed E-state index contributed by atoms with van der Waals surface area (Å²) in [5.74, 6) is 2.03. The molecule has 1 N–H and O–H groups in total. The molecule has 3 aromatic rings. The average molecular weight is 458 g/mol. The molecular formula is C30H35NO3. The molecule has 0 aliphatic carbocycles. The molecule has 1 fully saturated rings. The minimum absolute atomic E-state index is 0.272. The van der Waals surface area contributed by atoms with Crippen LogP contribution in [0.2, 0.25) is 0 Å². The molecule has 1 aliphatic rings. The molecule has 4 rings (SSSR count). The lowest BCUT2D eigenvalue weighted by atomic mass is 9.90. The number of rotatable bonds is 9. The zero-order valence-corrected chi connectivity index (χ0v) is 20.3. The van der Waals surface area contributed by atoms with Gasteiger partial charge < -0.3 is 14.6 Å². The Morgan fingerprint density at radius 3 is 2.00 bits per heavy atom. The van der Waals surface area contributed by atoms with Crippen molar-refractivity contribution in [1.82, 2.24) is 4.90 Å². The van der Waals surface area contributed by atoms with E-state index in [1.807, 2.05) is 24.3 Å². The number of piperidine rings is 1. The first-order valence-electron chi connectivity index (χ1n) is 12.2. The zero-order valence-electron chi connectivity index (χ0n) is 20.3. The molecule has 0 radical (unpaired) electrons. The Kier molecular flexibility index (Phi) is 8.26. The van der Waals surface area contributed by atoms with Crippen molar-refractivity contribution in [3.63, 3.8) is 0 Å². The standard InChI is InChI=1S/C30H35NO3/c1-23(22-24-6-14-28(33-2)15-7-24)30(25-8-12-27(32)13-9-25)26-10-16-29(17-11-26)34-21-20-31-18-4-3-5-19-31/h6-17,32H,3-5,18-22H2,1-2H3/b30-23+. The summed E-state index contributed by atoms with van der Waals surface area (Å²) in [6, 6.07) is 24.0. The van der Waals surface area contributed by atoms with Gasteiger partial charge in [0.15, 0.2) is 0 Å². The number of aromatic hydroxyl groups is 1. The zero-order chi connectivity index (χ0) is 23.8. The van der Waals surface area contributed by atoms with E-state index in [0.29, 0.717) is 0 Å². The lowest BCUT2D eigenvalue weighted by Crippen LogP contribution is -2.33. The van der Waals surface area contributed by atoms with Gasteiger partial charge in [0.05, 0.1) is 7.11 Å². The van der Waals surface area contributed by atoms with Crippen molar-refractivity contribution in [3.05, 3.63) is 95.1 Å². The largest absolute Gasteiger partial charge is 0.508 e. The molecule has 4 nitrogen and oxygen atoms in total. The van der Waals surface area contributed by atoms with Crippen LogP contribution >= 0.6 is 0 Å². The van der Waals surface area contributed by atoms with Crippen LogP contribution in [0.3, 0.4) is 0 Å². The number of methoxy groups -OCH3 is 1. The van der Waals surface area contributed by atoms with Gasteiger partial charge in [0.2, 0.25) is 0 Å². The first-order valence-corrected chi connectivity index (χ1v) is 12.2. The second-order valence-corrected chi connectivity index (χ2v) is 9.00. The molecule has 0 aromatic heterocycles. The van der Waals surface area contributed by atoms with Gasteiger partial charge in [-0.1, -0.05) is 48.4 Å². The molecule has 0 amide bonds. The third-order valence-electron chi connectivity index (χ3n) is 6.48. The first kappa shape index (κ1) is 23.9. The van der Waals surface area contributed by atoms with Crippen LogP contribution in [-0.4, -0.2) is 43.4 Å². The van der Waals surface area contributed by atoms with Crippen LogP contribution < -0.4 is 9.47 Å². The van der Waals surface area contributed by atoms with Crippen LogP contribution in [0.4, 0.5) is 0 Å². The third-order valence-corrected chi connectivity index (χ3v) is 6.48. The number of ether oxygens (including phenoxy) is 2. The van der Waals surface area contributed by atoms with Crippen LogP contribution in [-0.2, 0) is 6.42 Å². The van der Waals surface area contributed by atoms with Crippen LogP contribution in [0.25, 0.3) is 5.57 Å². The minimum Gasteiger partial charge on any atom is -0.508 e. The van der Waals surface area contributed by atoms with Gasteiger partial charge in [-0.2, -0.15) is 0 Å². The fraction of sp³-hybridized carbons (Fsp3) is 0.333. The molecule has 0 unspecified atom stereocenters. The SMILES string of the molecule is COc1ccc(C/C(C)=C(\c2ccc(O)cc2)c2ccc(OCCN3CCCCC3)cc2)cc1. The van der Waals surface area contributed by atoms with Crippen molar-refractivity contribution in [2.45, 2.75) is 32.6 Å². The van der Waals surface area contributed by atoms with Gasteiger partial charge in [0.1, 0.15) is 23.9 Å². The summed E-state index contributed by atoms with van der Waals surface area (Å²) in [5.41, 5.74) is 5.89. The molecule has 1 heterocycles. The van der Waals surface area contributed by atoms with E-state index in [-0.39, 0.29) is 5.75 Å². The summed E-state index contributed by atoms with van der Waals surface area (Å²) in [6.07, 6.45) is 4.79. The second-order valence-electron chi connectivity index (χ2n) is 9.00. The van der Waals surface area contributed by atoms with Crippen molar-refractivity contribution in [2.24, 2.45) is 0 Å². The highest BCUT2D eigenvalue weighted by Crippen LogP contribution is 2.31. The number of phenolic OH excluding ortho intramolecular Hbond substituents is 1. The molecule has 3 aromatic carbocycles. The Labute approximate surface area is 203 Å². The predicted octanol–water partition coefficient (Wildman–Crippen LogP) is 6.33. The Morgan fingerprint density at radius 1 is 0.794 bits per heavy atom. The molecule has 0 saturated carbocycles. The summed E-state index contributed by atoms with van der Waals surface area (Å²) < 4.78 is 11.3. The normalized spacial score (nSPS) is 15.0. The van der Waals surface area contributed by atoms with E-state index in [2.05, 4.69) is 48.2 Å². The maximum Gasteiger partial charge on any atom is 0.119 e. The fourth-order valence-corrected chi connectivity index (χ4v) is 4.62. The van der Waals surface area contributed by atoms with Crippen molar-refractivity contribution in [2.75, 3.05) is 33.4 Å². The maximum atomic E-state index is 9.80. The summed E-state index contributed by atoms with van der Waals surface area (Å²) in [7, 11) is 1.68. The fourth-order valence-electron chi connectivity index (χ4n) is 4.62. The van der Waals surface area contributed by atoms with Gasteiger partial charge in [0, 0.05) is 6.54 Å². The summed E-state index contributed by atoms with van der Waals surface area (Å²) in [6.45, 7) is 6.26. The van der Waals surface area contributed by atoms with Gasteiger partial charge in [-0.15, -0.1) is 0 Å². The van der Waals surface area contributed by atoms with E-state index < -0.39 is 0 Å². The Balaban J connectivity index is 1.52. The van der Waals surface area contributed by atoms with Crippen LogP contribution in [0.5, 0.6) is 17.2 Å². The summed E-state index contributed by atoms with van der Waals surface area (Å²) in [4.78, 5) is 2.49. The van der Waals surface area contributed by atoms with Gasteiger partial charge in [-0.25, -0.2) is 0 Å². The molecule has 0 bridgehead atoms. The molecule has 178 valence electrons. The number of phenols is 1. The molecule has 1 aliphatic heterocycles. The van der Waals surface area contributed by atoms with Gasteiger partial charge >= 0.3 is 0 Å². The molecule has 0 spiro atoms. The highest BCUT2D eigenvalue weighted by Gasteiger charge is 2.12. The topological polar surface area (TPSA) is 41.9 Å². The minimum atomic E-state index is 0.272. The Morgan fingerprint density at radius 2 is 1.38 bits per heavy atom. The average Bonchev–Trinajstić information content (AvgIpc) is 2.87. The molecule has 4 heteroatoms. The monoisotopic (exact) mass is 457 g/mol. The Bertz CT molecular complexity index is 1060. The lowest BCUT2D eigenvalue weighted by molar-refractivity contribution is 0.183. The quantitative estimate of drug-likeness (QED) is 0.408. The number of nitrogens with zero attached hydrogens (tertiary/aromatic N) is 1. The maximum absolute atomic E-state index is 9.80. The van der Waals surface area contributed by atoms with Crippen molar-refractivity contribution < 1.29 is 14.6 Å². The van der Waals surface area contributed by atoms with E-state index in [1.165, 1.54) is 49.1 Å². The molecule has 34 heavy (non-hydrogen) atoms.